The molecule has 25 heavy (non-hydrogen) atoms. The maximum absolute atomic E-state index is 11.9. The van der Waals surface area contributed by atoms with Crippen molar-refractivity contribution in [2.75, 3.05) is 13.1 Å². The highest BCUT2D eigenvalue weighted by Gasteiger charge is 2.24. The minimum Gasteiger partial charge on any atom is -0.490 e. The lowest BCUT2D eigenvalue weighted by atomic mass is 10.1. The largest absolute Gasteiger partial charge is 0.490 e. The van der Waals surface area contributed by atoms with E-state index in [2.05, 4.69) is 6.58 Å². The van der Waals surface area contributed by atoms with Gasteiger partial charge in [0.25, 0.3) is 0 Å². The van der Waals surface area contributed by atoms with Gasteiger partial charge < -0.3 is 14.1 Å². The van der Waals surface area contributed by atoms with E-state index < -0.39 is 0 Å². The second-order valence-corrected chi connectivity index (χ2v) is 6.69. The Morgan fingerprint density at radius 1 is 1.24 bits per heavy atom. The molecule has 5 heteroatoms. The highest BCUT2D eigenvalue weighted by molar-refractivity contribution is 5.92. The molecule has 0 unspecified atom stereocenters. The fraction of sp³-hybridized carbons (Fsp3) is 0.400. The Morgan fingerprint density at radius 2 is 1.92 bits per heavy atom. The van der Waals surface area contributed by atoms with Crippen molar-refractivity contribution in [2.24, 2.45) is 0 Å². The van der Waals surface area contributed by atoms with Gasteiger partial charge in [0, 0.05) is 48.5 Å². The summed E-state index contributed by atoms with van der Waals surface area (Å²) in [5.41, 5.74) is 2.36. The van der Waals surface area contributed by atoms with Crippen LogP contribution in [-0.2, 0) is 4.79 Å². The van der Waals surface area contributed by atoms with Gasteiger partial charge in [-0.2, -0.15) is 0 Å². The molecule has 2 aromatic rings. The van der Waals surface area contributed by atoms with Gasteiger partial charge in [-0.25, -0.2) is 4.79 Å². The van der Waals surface area contributed by atoms with Crippen LogP contribution in [0.3, 0.4) is 0 Å². The topological polar surface area (TPSA) is 59.8 Å². The van der Waals surface area contributed by atoms with Crippen LogP contribution in [0.1, 0.15) is 30.9 Å². The minimum atomic E-state index is -0.311. The molecule has 2 heterocycles. The standard InChI is InChI=1S/C20H23NO4/c1-12(2)19(22)21-9-7-15(8-10-21)24-16-5-6-17-13(3)14(4)20(23)25-18(17)11-16/h5-6,11,15H,1,7-10H2,2-4H3. The zero-order chi connectivity index (χ0) is 18.1. The predicted molar refractivity (Wildman–Crippen MR) is 97.0 cm³/mol. The quantitative estimate of drug-likeness (QED) is 0.634. The van der Waals surface area contributed by atoms with E-state index in [0.29, 0.717) is 35.6 Å². The molecular formula is C20H23NO4. The molecule has 132 valence electrons. The molecule has 1 aliphatic rings. The van der Waals surface area contributed by atoms with Crippen LogP contribution >= 0.6 is 0 Å². The Balaban J connectivity index is 1.72. The summed E-state index contributed by atoms with van der Waals surface area (Å²) >= 11 is 0. The Labute approximate surface area is 146 Å². The molecule has 0 aliphatic carbocycles. The molecule has 1 fully saturated rings. The zero-order valence-electron chi connectivity index (χ0n) is 14.9. The summed E-state index contributed by atoms with van der Waals surface area (Å²) in [5, 5.41) is 0.923. The van der Waals surface area contributed by atoms with Gasteiger partial charge in [0.15, 0.2) is 0 Å². The molecule has 0 spiro atoms. The minimum absolute atomic E-state index is 0.0109. The average Bonchev–Trinajstić information content (AvgIpc) is 2.59. The van der Waals surface area contributed by atoms with Crippen LogP contribution < -0.4 is 10.4 Å². The molecule has 0 radical (unpaired) electrons. The lowest BCUT2D eigenvalue weighted by Gasteiger charge is -2.32. The molecule has 0 saturated carbocycles. The van der Waals surface area contributed by atoms with Gasteiger partial charge in [0.05, 0.1) is 0 Å². The molecule has 1 aromatic carbocycles. The molecule has 1 aromatic heterocycles. The molecule has 3 rings (SSSR count). The van der Waals surface area contributed by atoms with Gasteiger partial charge in [0.2, 0.25) is 5.91 Å². The van der Waals surface area contributed by atoms with Gasteiger partial charge in [-0.1, -0.05) is 6.58 Å². The van der Waals surface area contributed by atoms with E-state index in [1.54, 1.807) is 19.9 Å². The number of piperidine rings is 1. The molecule has 1 aliphatic heterocycles. The third kappa shape index (κ3) is 3.45. The van der Waals surface area contributed by atoms with E-state index in [1.165, 1.54) is 0 Å². The van der Waals surface area contributed by atoms with E-state index in [4.69, 9.17) is 9.15 Å². The van der Waals surface area contributed by atoms with Crippen LogP contribution in [0.2, 0.25) is 0 Å². The van der Waals surface area contributed by atoms with Crippen LogP contribution in [-0.4, -0.2) is 30.0 Å². The van der Waals surface area contributed by atoms with Crippen molar-refractivity contribution in [3.8, 4) is 5.75 Å². The van der Waals surface area contributed by atoms with Crippen molar-refractivity contribution in [3.63, 3.8) is 0 Å². The maximum atomic E-state index is 11.9. The predicted octanol–water partition coefficient (Wildman–Crippen LogP) is 3.36. The summed E-state index contributed by atoms with van der Waals surface area (Å²) < 4.78 is 11.4. The first-order chi connectivity index (χ1) is 11.9. The van der Waals surface area contributed by atoms with Crippen molar-refractivity contribution in [1.29, 1.82) is 0 Å². The van der Waals surface area contributed by atoms with Crippen LogP contribution in [0.5, 0.6) is 5.75 Å². The summed E-state index contributed by atoms with van der Waals surface area (Å²) in [6.07, 6.45) is 1.59. The average molecular weight is 341 g/mol. The van der Waals surface area contributed by atoms with Crippen LogP contribution in [0, 0.1) is 13.8 Å². The molecule has 1 amide bonds. The van der Waals surface area contributed by atoms with E-state index in [0.717, 1.165) is 23.8 Å². The second kappa shape index (κ2) is 6.75. The molecule has 0 atom stereocenters. The Kier molecular flexibility index (Phi) is 4.66. The van der Waals surface area contributed by atoms with Crippen LogP contribution in [0.25, 0.3) is 11.0 Å². The molecule has 0 N–H and O–H groups in total. The highest BCUT2D eigenvalue weighted by Crippen LogP contribution is 2.26. The van der Waals surface area contributed by atoms with Crippen molar-refractivity contribution in [2.45, 2.75) is 39.7 Å². The monoisotopic (exact) mass is 341 g/mol. The molecule has 0 bridgehead atoms. The third-order valence-corrected chi connectivity index (χ3v) is 4.83. The number of hydrogen-bond donors (Lipinski definition) is 0. The number of fused-ring (bicyclic) bond motifs is 1. The molecular weight excluding hydrogens is 318 g/mol. The SMILES string of the molecule is C=C(C)C(=O)N1CCC(Oc2ccc3c(C)c(C)c(=O)oc3c2)CC1. The first-order valence-corrected chi connectivity index (χ1v) is 8.52. The second-order valence-electron chi connectivity index (χ2n) is 6.69. The maximum Gasteiger partial charge on any atom is 0.339 e. The van der Waals surface area contributed by atoms with Crippen molar-refractivity contribution in [1.82, 2.24) is 4.90 Å². The first kappa shape index (κ1) is 17.3. The summed E-state index contributed by atoms with van der Waals surface area (Å²) in [7, 11) is 0. The molecule has 1 saturated heterocycles. The summed E-state index contributed by atoms with van der Waals surface area (Å²) in [5.74, 6) is 0.695. The number of rotatable bonds is 3. The number of ether oxygens (including phenoxy) is 1. The van der Waals surface area contributed by atoms with Gasteiger partial charge in [-0.3, -0.25) is 4.79 Å². The number of amides is 1. The Hall–Kier alpha value is -2.56. The van der Waals surface area contributed by atoms with Gasteiger partial charge in [0.1, 0.15) is 17.4 Å². The fourth-order valence-electron chi connectivity index (χ4n) is 3.14. The van der Waals surface area contributed by atoms with E-state index >= 15 is 0 Å². The normalized spacial score (nSPS) is 15.4. The van der Waals surface area contributed by atoms with E-state index in [-0.39, 0.29) is 17.6 Å². The Bertz CT molecular complexity index is 888. The zero-order valence-corrected chi connectivity index (χ0v) is 14.9. The van der Waals surface area contributed by atoms with Crippen molar-refractivity contribution >= 4 is 16.9 Å². The third-order valence-electron chi connectivity index (χ3n) is 4.83. The lowest BCUT2D eigenvalue weighted by molar-refractivity contribution is -0.128. The smallest absolute Gasteiger partial charge is 0.339 e. The lowest BCUT2D eigenvalue weighted by Crippen LogP contribution is -2.42. The van der Waals surface area contributed by atoms with E-state index in [1.807, 2.05) is 24.0 Å². The van der Waals surface area contributed by atoms with Crippen LogP contribution in [0.4, 0.5) is 0 Å². The number of aryl methyl sites for hydroxylation is 1. The number of likely N-dealkylation sites (tertiary alicyclic amines) is 1. The van der Waals surface area contributed by atoms with Crippen molar-refractivity contribution < 1.29 is 13.9 Å². The highest BCUT2D eigenvalue weighted by atomic mass is 16.5. The van der Waals surface area contributed by atoms with Crippen LogP contribution in [0.15, 0.2) is 39.6 Å². The summed E-state index contributed by atoms with van der Waals surface area (Å²) in [4.78, 5) is 25.6. The number of carbonyl (C=O) groups is 1. The number of carbonyl (C=O) groups excluding carboxylic acids is 1. The van der Waals surface area contributed by atoms with Gasteiger partial charge >= 0.3 is 5.63 Å². The summed E-state index contributed by atoms with van der Waals surface area (Å²) in [6, 6.07) is 5.60. The van der Waals surface area contributed by atoms with Gasteiger partial charge in [-0.05, 0) is 38.5 Å². The number of hydrogen-bond acceptors (Lipinski definition) is 4. The van der Waals surface area contributed by atoms with Crippen molar-refractivity contribution in [3.05, 3.63) is 51.9 Å². The number of nitrogens with zero attached hydrogens (tertiary/aromatic N) is 1. The fourth-order valence-corrected chi connectivity index (χ4v) is 3.14. The Morgan fingerprint density at radius 3 is 2.56 bits per heavy atom. The van der Waals surface area contributed by atoms with Gasteiger partial charge in [-0.15, -0.1) is 0 Å². The first-order valence-electron chi connectivity index (χ1n) is 8.52. The molecule has 5 nitrogen and oxygen atoms in total. The van der Waals surface area contributed by atoms with E-state index in [9.17, 15) is 9.59 Å². The summed E-state index contributed by atoms with van der Waals surface area (Å²) in [6.45, 7) is 10.5. The number of benzene rings is 1.